The van der Waals surface area contributed by atoms with Crippen LogP contribution in [0.5, 0.6) is 5.75 Å². The van der Waals surface area contributed by atoms with Crippen molar-refractivity contribution < 1.29 is 9.13 Å². The maximum absolute atomic E-state index is 12.9. The number of ether oxygens (including phenoxy) is 1. The molecule has 0 saturated carbocycles. The minimum absolute atomic E-state index is 0.256. The molecule has 2 aromatic rings. The van der Waals surface area contributed by atoms with Crippen molar-refractivity contribution in [2.24, 2.45) is 0 Å². The van der Waals surface area contributed by atoms with Crippen molar-refractivity contribution in [2.45, 2.75) is 12.5 Å². The third-order valence-corrected chi connectivity index (χ3v) is 3.84. The Balaban J connectivity index is 2.19. The van der Waals surface area contributed by atoms with E-state index in [9.17, 15) is 4.39 Å². The van der Waals surface area contributed by atoms with Gasteiger partial charge in [0.2, 0.25) is 0 Å². The normalized spacial score (nSPS) is 10.5. The molecule has 0 aliphatic rings. The van der Waals surface area contributed by atoms with Gasteiger partial charge in [-0.2, -0.15) is 0 Å². The Morgan fingerprint density at radius 2 is 1.95 bits per heavy atom. The standard InChI is InChI=1S/C14H10BrCl2FO/c15-12-3-1-2-9(7-16)14(12)19-8-10-4-5-11(18)6-13(10)17/h1-6H,7-8H2. The monoisotopic (exact) mass is 362 g/mol. The second-order valence-corrected chi connectivity index (χ2v) is 5.41. The minimum Gasteiger partial charge on any atom is -0.487 e. The lowest BCUT2D eigenvalue weighted by Gasteiger charge is -2.12. The molecule has 0 unspecified atom stereocenters. The Bertz CT molecular complexity index is 590. The summed E-state index contributed by atoms with van der Waals surface area (Å²) in [6.45, 7) is 0.256. The van der Waals surface area contributed by atoms with Crippen molar-refractivity contribution in [1.82, 2.24) is 0 Å². The largest absolute Gasteiger partial charge is 0.487 e. The van der Waals surface area contributed by atoms with Crippen molar-refractivity contribution in [2.75, 3.05) is 0 Å². The predicted octanol–water partition coefficient (Wildman–Crippen LogP) is 5.56. The molecule has 0 saturated heterocycles. The molecule has 0 radical (unpaired) electrons. The summed E-state index contributed by atoms with van der Waals surface area (Å²) in [5.74, 6) is 0.667. The van der Waals surface area contributed by atoms with Gasteiger partial charge in [0.25, 0.3) is 0 Å². The third kappa shape index (κ3) is 3.62. The average Bonchev–Trinajstić information content (AvgIpc) is 2.39. The van der Waals surface area contributed by atoms with Crippen molar-refractivity contribution in [3.05, 3.63) is 62.8 Å². The summed E-state index contributed by atoms with van der Waals surface area (Å²) in [6.07, 6.45) is 0. The van der Waals surface area contributed by atoms with Crippen LogP contribution in [0.25, 0.3) is 0 Å². The highest BCUT2D eigenvalue weighted by molar-refractivity contribution is 9.10. The van der Waals surface area contributed by atoms with Crippen LogP contribution in [0.1, 0.15) is 11.1 Å². The van der Waals surface area contributed by atoms with E-state index in [1.807, 2.05) is 18.2 Å². The zero-order valence-corrected chi connectivity index (χ0v) is 12.9. The van der Waals surface area contributed by atoms with Gasteiger partial charge in [-0.25, -0.2) is 4.39 Å². The van der Waals surface area contributed by atoms with E-state index in [2.05, 4.69) is 15.9 Å². The number of rotatable bonds is 4. The zero-order valence-electron chi connectivity index (χ0n) is 9.80. The van der Waals surface area contributed by atoms with Gasteiger partial charge in [0.05, 0.1) is 15.4 Å². The van der Waals surface area contributed by atoms with Crippen LogP contribution < -0.4 is 4.74 Å². The minimum atomic E-state index is -0.365. The van der Waals surface area contributed by atoms with Crippen LogP contribution in [0.4, 0.5) is 4.39 Å². The van der Waals surface area contributed by atoms with E-state index in [0.29, 0.717) is 16.7 Å². The second-order valence-electron chi connectivity index (χ2n) is 3.89. The first-order valence-corrected chi connectivity index (χ1v) is 7.22. The number of benzene rings is 2. The summed E-state index contributed by atoms with van der Waals surface area (Å²) >= 11 is 15.2. The highest BCUT2D eigenvalue weighted by Gasteiger charge is 2.09. The molecule has 0 aliphatic carbocycles. The van der Waals surface area contributed by atoms with E-state index in [0.717, 1.165) is 15.6 Å². The summed E-state index contributed by atoms with van der Waals surface area (Å²) in [6, 6.07) is 9.88. The molecule has 0 amide bonds. The summed E-state index contributed by atoms with van der Waals surface area (Å²) in [5.41, 5.74) is 1.61. The van der Waals surface area contributed by atoms with Gasteiger partial charge in [-0.05, 0) is 34.1 Å². The Morgan fingerprint density at radius 1 is 1.16 bits per heavy atom. The second kappa shape index (κ2) is 6.60. The van der Waals surface area contributed by atoms with Gasteiger partial charge in [0.1, 0.15) is 18.2 Å². The number of alkyl halides is 1. The van der Waals surface area contributed by atoms with Crippen molar-refractivity contribution in [3.8, 4) is 5.75 Å². The Hall–Kier alpha value is -0.770. The van der Waals surface area contributed by atoms with Gasteiger partial charge in [-0.3, -0.25) is 0 Å². The maximum Gasteiger partial charge on any atom is 0.138 e. The van der Waals surface area contributed by atoms with Crippen LogP contribution in [0.3, 0.4) is 0 Å². The predicted molar refractivity (Wildman–Crippen MR) is 79.4 cm³/mol. The Morgan fingerprint density at radius 3 is 2.63 bits per heavy atom. The highest BCUT2D eigenvalue weighted by atomic mass is 79.9. The van der Waals surface area contributed by atoms with Gasteiger partial charge >= 0.3 is 0 Å². The molecule has 5 heteroatoms. The number of hydrogen-bond acceptors (Lipinski definition) is 1. The zero-order chi connectivity index (χ0) is 13.8. The molecule has 0 aromatic heterocycles. The topological polar surface area (TPSA) is 9.23 Å². The van der Waals surface area contributed by atoms with Crippen LogP contribution >= 0.6 is 39.1 Å². The molecule has 2 aromatic carbocycles. The summed E-state index contributed by atoms with van der Waals surface area (Å²) in [7, 11) is 0. The fourth-order valence-electron chi connectivity index (χ4n) is 1.61. The molecule has 0 heterocycles. The lowest BCUT2D eigenvalue weighted by Crippen LogP contribution is -1.99. The SMILES string of the molecule is Fc1ccc(COc2c(Br)cccc2CCl)c(Cl)c1. The van der Waals surface area contributed by atoms with Crippen LogP contribution in [0.15, 0.2) is 40.9 Å². The highest BCUT2D eigenvalue weighted by Crippen LogP contribution is 2.31. The van der Waals surface area contributed by atoms with E-state index in [-0.39, 0.29) is 12.4 Å². The first-order valence-electron chi connectivity index (χ1n) is 5.52. The molecule has 0 aliphatic heterocycles. The van der Waals surface area contributed by atoms with E-state index in [1.54, 1.807) is 6.07 Å². The molecule has 2 rings (SSSR count). The summed E-state index contributed by atoms with van der Waals surface area (Å²) in [5, 5.41) is 0.347. The lowest BCUT2D eigenvalue weighted by atomic mass is 10.2. The molecule has 19 heavy (non-hydrogen) atoms. The van der Waals surface area contributed by atoms with E-state index in [4.69, 9.17) is 27.9 Å². The number of para-hydroxylation sites is 1. The van der Waals surface area contributed by atoms with Crippen molar-refractivity contribution >= 4 is 39.1 Å². The summed E-state index contributed by atoms with van der Waals surface area (Å²) in [4.78, 5) is 0. The van der Waals surface area contributed by atoms with Gasteiger partial charge in [-0.15, -0.1) is 11.6 Å². The van der Waals surface area contributed by atoms with Crippen molar-refractivity contribution in [3.63, 3.8) is 0 Å². The van der Waals surface area contributed by atoms with E-state index < -0.39 is 0 Å². The molecule has 0 bridgehead atoms. The van der Waals surface area contributed by atoms with Gasteiger partial charge in [0.15, 0.2) is 0 Å². The molecule has 100 valence electrons. The third-order valence-electron chi connectivity index (χ3n) is 2.58. The number of hydrogen-bond donors (Lipinski definition) is 0. The van der Waals surface area contributed by atoms with Gasteiger partial charge < -0.3 is 4.74 Å². The first-order chi connectivity index (χ1) is 9.11. The molecule has 0 spiro atoms. The fourth-order valence-corrected chi connectivity index (χ4v) is 2.56. The molecular weight excluding hydrogens is 354 g/mol. The van der Waals surface area contributed by atoms with Gasteiger partial charge in [0, 0.05) is 11.1 Å². The van der Waals surface area contributed by atoms with Crippen LogP contribution in [-0.2, 0) is 12.5 Å². The number of halogens is 4. The molecule has 1 nitrogen and oxygen atoms in total. The van der Waals surface area contributed by atoms with E-state index >= 15 is 0 Å². The van der Waals surface area contributed by atoms with Gasteiger partial charge in [-0.1, -0.05) is 29.8 Å². The smallest absolute Gasteiger partial charge is 0.138 e. The average molecular weight is 364 g/mol. The fraction of sp³-hybridized carbons (Fsp3) is 0.143. The van der Waals surface area contributed by atoms with E-state index in [1.165, 1.54) is 12.1 Å². The Labute approximate surface area is 129 Å². The van der Waals surface area contributed by atoms with Crippen LogP contribution in [0, 0.1) is 5.82 Å². The maximum atomic E-state index is 12.9. The molecule has 0 fully saturated rings. The van der Waals surface area contributed by atoms with Crippen LogP contribution in [0.2, 0.25) is 5.02 Å². The van der Waals surface area contributed by atoms with Crippen molar-refractivity contribution in [1.29, 1.82) is 0 Å². The Kier molecular flexibility index (Phi) is 5.08. The molecule has 0 N–H and O–H groups in total. The molecular formula is C14H10BrCl2FO. The lowest BCUT2D eigenvalue weighted by molar-refractivity contribution is 0.302. The first kappa shape index (κ1) is 14.6. The molecule has 0 atom stereocenters. The summed E-state index contributed by atoms with van der Waals surface area (Å²) < 4.78 is 19.5. The quantitative estimate of drug-likeness (QED) is 0.646. The van der Waals surface area contributed by atoms with Crippen LogP contribution in [-0.4, -0.2) is 0 Å².